The maximum absolute atomic E-state index is 2.27. The Morgan fingerprint density at radius 1 is 1.00 bits per heavy atom. The number of hydrogen-bond acceptors (Lipinski definition) is 1. The minimum absolute atomic E-state index is 0.271. The molecule has 1 aliphatic rings. The highest BCUT2D eigenvalue weighted by Crippen LogP contribution is 2.40. The Labute approximate surface area is 77.5 Å². The van der Waals surface area contributed by atoms with E-state index in [1.54, 1.807) is 0 Å². The van der Waals surface area contributed by atoms with Gasteiger partial charge in [-0.3, -0.25) is 0 Å². The maximum atomic E-state index is 2.27. The molecule has 0 bridgehead atoms. The van der Waals surface area contributed by atoms with Gasteiger partial charge in [0.2, 0.25) is 0 Å². The SMILES string of the molecule is CC.CN1C=CC(C)(C)C1(C)C. The molecule has 0 aromatic carbocycles. The molecule has 12 heavy (non-hydrogen) atoms. The molecule has 1 nitrogen and oxygen atoms in total. The van der Waals surface area contributed by atoms with Crippen LogP contribution in [0.15, 0.2) is 12.3 Å². The van der Waals surface area contributed by atoms with Crippen LogP contribution >= 0.6 is 0 Å². The fourth-order valence-corrected chi connectivity index (χ4v) is 1.14. The van der Waals surface area contributed by atoms with E-state index in [1.807, 2.05) is 13.8 Å². The molecule has 1 heteroatoms. The van der Waals surface area contributed by atoms with Crippen molar-refractivity contribution < 1.29 is 0 Å². The molecule has 0 fully saturated rings. The summed E-state index contributed by atoms with van der Waals surface area (Å²) in [6, 6.07) is 0. The first-order chi connectivity index (χ1) is 5.38. The van der Waals surface area contributed by atoms with Crippen molar-refractivity contribution in [1.82, 2.24) is 4.90 Å². The van der Waals surface area contributed by atoms with Gasteiger partial charge in [0.25, 0.3) is 0 Å². The van der Waals surface area contributed by atoms with Crippen LogP contribution in [0, 0.1) is 5.41 Å². The predicted molar refractivity (Wildman–Crippen MR) is 56.1 cm³/mol. The van der Waals surface area contributed by atoms with Crippen molar-refractivity contribution in [1.29, 1.82) is 0 Å². The highest BCUT2D eigenvalue weighted by atomic mass is 15.2. The van der Waals surface area contributed by atoms with E-state index < -0.39 is 0 Å². The van der Waals surface area contributed by atoms with Crippen LogP contribution in [0.2, 0.25) is 0 Å². The first-order valence-corrected chi connectivity index (χ1v) is 4.80. The Morgan fingerprint density at radius 2 is 1.42 bits per heavy atom. The average molecular weight is 169 g/mol. The molecular formula is C11H23N. The lowest BCUT2D eigenvalue weighted by atomic mass is 9.76. The summed E-state index contributed by atoms with van der Waals surface area (Å²) in [6.07, 6.45) is 4.44. The molecule has 0 N–H and O–H groups in total. The summed E-state index contributed by atoms with van der Waals surface area (Å²) in [5.41, 5.74) is 0.578. The zero-order chi connectivity index (χ0) is 9.99. The Balaban J connectivity index is 0.000000561. The normalized spacial score (nSPS) is 23.4. The van der Waals surface area contributed by atoms with E-state index in [2.05, 4.69) is 51.9 Å². The summed E-state index contributed by atoms with van der Waals surface area (Å²) in [4.78, 5) is 2.27. The van der Waals surface area contributed by atoms with E-state index in [0.29, 0.717) is 5.41 Å². The van der Waals surface area contributed by atoms with Crippen molar-refractivity contribution in [2.24, 2.45) is 5.41 Å². The van der Waals surface area contributed by atoms with Crippen molar-refractivity contribution in [3.63, 3.8) is 0 Å². The Bertz CT molecular complexity index is 166. The molecule has 1 aliphatic heterocycles. The first-order valence-electron chi connectivity index (χ1n) is 4.80. The molecule has 0 aromatic heterocycles. The van der Waals surface area contributed by atoms with Crippen LogP contribution < -0.4 is 0 Å². The maximum Gasteiger partial charge on any atom is 0.0423 e. The van der Waals surface area contributed by atoms with Crippen LogP contribution in [0.25, 0.3) is 0 Å². The first kappa shape index (κ1) is 11.5. The summed E-state index contributed by atoms with van der Waals surface area (Å²) in [6.45, 7) is 13.1. The van der Waals surface area contributed by atoms with E-state index in [1.165, 1.54) is 0 Å². The molecule has 0 saturated heterocycles. The lowest BCUT2D eigenvalue weighted by molar-refractivity contribution is 0.135. The second-order valence-electron chi connectivity index (χ2n) is 4.21. The Kier molecular flexibility index (Phi) is 3.37. The Morgan fingerprint density at radius 3 is 1.50 bits per heavy atom. The Hall–Kier alpha value is -0.460. The van der Waals surface area contributed by atoms with Crippen molar-refractivity contribution in [2.75, 3.05) is 7.05 Å². The number of rotatable bonds is 0. The van der Waals surface area contributed by atoms with E-state index in [9.17, 15) is 0 Å². The number of nitrogens with zero attached hydrogens (tertiary/aromatic N) is 1. The summed E-state index contributed by atoms with van der Waals surface area (Å²) in [7, 11) is 2.13. The molecule has 0 aromatic rings. The van der Waals surface area contributed by atoms with Crippen molar-refractivity contribution >= 4 is 0 Å². The summed E-state index contributed by atoms with van der Waals surface area (Å²) < 4.78 is 0. The van der Waals surface area contributed by atoms with Gasteiger partial charge in [0.05, 0.1) is 0 Å². The monoisotopic (exact) mass is 169 g/mol. The lowest BCUT2D eigenvalue weighted by Gasteiger charge is -2.40. The van der Waals surface area contributed by atoms with Gasteiger partial charge in [-0.1, -0.05) is 33.8 Å². The highest BCUT2D eigenvalue weighted by molar-refractivity contribution is 5.14. The fourth-order valence-electron chi connectivity index (χ4n) is 1.14. The molecule has 0 aliphatic carbocycles. The second kappa shape index (κ2) is 3.51. The van der Waals surface area contributed by atoms with Crippen molar-refractivity contribution in [3.05, 3.63) is 12.3 Å². The van der Waals surface area contributed by atoms with E-state index >= 15 is 0 Å². The molecule has 0 amide bonds. The van der Waals surface area contributed by atoms with Gasteiger partial charge < -0.3 is 4.90 Å². The largest absolute Gasteiger partial charge is 0.375 e. The third-order valence-corrected chi connectivity index (χ3v) is 3.17. The van der Waals surface area contributed by atoms with Gasteiger partial charge in [-0.2, -0.15) is 0 Å². The van der Waals surface area contributed by atoms with Gasteiger partial charge in [-0.15, -0.1) is 0 Å². The van der Waals surface area contributed by atoms with Crippen LogP contribution in [0.5, 0.6) is 0 Å². The third kappa shape index (κ3) is 1.65. The van der Waals surface area contributed by atoms with Gasteiger partial charge in [-0.05, 0) is 20.0 Å². The van der Waals surface area contributed by atoms with E-state index in [-0.39, 0.29) is 5.54 Å². The molecule has 1 rings (SSSR count). The summed E-state index contributed by atoms with van der Waals surface area (Å²) in [5, 5.41) is 0. The number of hydrogen-bond donors (Lipinski definition) is 0. The van der Waals surface area contributed by atoms with Crippen LogP contribution in [0.4, 0.5) is 0 Å². The van der Waals surface area contributed by atoms with Crippen molar-refractivity contribution in [3.8, 4) is 0 Å². The summed E-state index contributed by atoms with van der Waals surface area (Å²) >= 11 is 0. The summed E-state index contributed by atoms with van der Waals surface area (Å²) in [5.74, 6) is 0. The molecule has 0 radical (unpaired) electrons. The smallest absolute Gasteiger partial charge is 0.0423 e. The minimum atomic E-state index is 0.271. The zero-order valence-electron chi connectivity index (χ0n) is 9.60. The van der Waals surface area contributed by atoms with Crippen LogP contribution in [-0.2, 0) is 0 Å². The predicted octanol–water partition coefficient (Wildman–Crippen LogP) is 3.28. The third-order valence-electron chi connectivity index (χ3n) is 3.17. The molecular weight excluding hydrogens is 146 g/mol. The lowest BCUT2D eigenvalue weighted by Crippen LogP contribution is -2.44. The van der Waals surface area contributed by atoms with Crippen LogP contribution in [-0.4, -0.2) is 17.5 Å². The van der Waals surface area contributed by atoms with E-state index in [4.69, 9.17) is 0 Å². The molecule has 0 atom stereocenters. The van der Waals surface area contributed by atoms with Gasteiger partial charge in [-0.25, -0.2) is 0 Å². The molecule has 0 spiro atoms. The van der Waals surface area contributed by atoms with Gasteiger partial charge in [0.1, 0.15) is 0 Å². The molecule has 1 heterocycles. The molecule has 0 saturated carbocycles. The molecule has 0 unspecified atom stereocenters. The van der Waals surface area contributed by atoms with Crippen molar-refractivity contribution in [2.45, 2.75) is 47.1 Å². The highest BCUT2D eigenvalue weighted by Gasteiger charge is 2.41. The van der Waals surface area contributed by atoms with Gasteiger partial charge in [0, 0.05) is 18.0 Å². The second-order valence-corrected chi connectivity index (χ2v) is 4.21. The van der Waals surface area contributed by atoms with Crippen LogP contribution in [0.3, 0.4) is 0 Å². The van der Waals surface area contributed by atoms with E-state index in [0.717, 1.165) is 0 Å². The minimum Gasteiger partial charge on any atom is -0.375 e. The topological polar surface area (TPSA) is 3.24 Å². The van der Waals surface area contributed by atoms with Crippen LogP contribution in [0.1, 0.15) is 41.5 Å². The quantitative estimate of drug-likeness (QED) is 0.538. The van der Waals surface area contributed by atoms with Gasteiger partial charge >= 0.3 is 0 Å². The fraction of sp³-hybridized carbons (Fsp3) is 0.818. The molecule has 72 valence electrons. The van der Waals surface area contributed by atoms with Gasteiger partial charge in [0.15, 0.2) is 0 Å². The average Bonchev–Trinajstić information content (AvgIpc) is 2.18. The zero-order valence-corrected chi connectivity index (χ0v) is 9.60. The standard InChI is InChI=1S/C9H17N.C2H6/c1-8(2)6-7-10(5)9(8,3)4;1-2/h6-7H,1-5H3;1-2H3.